The van der Waals surface area contributed by atoms with E-state index in [2.05, 4.69) is 0 Å². The van der Waals surface area contributed by atoms with E-state index in [9.17, 15) is 13.9 Å². The third kappa shape index (κ3) is 1.72. The molecular formula is C12H15F2NO. The van der Waals surface area contributed by atoms with Crippen LogP contribution in [0.4, 0.5) is 8.78 Å². The molecule has 2 atom stereocenters. The predicted molar refractivity (Wildman–Crippen MR) is 57.0 cm³/mol. The molecule has 0 amide bonds. The van der Waals surface area contributed by atoms with E-state index in [-0.39, 0.29) is 11.6 Å². The first kappa shape index (κ1) is 11.5. The SMILES string of the molecule is CC1CC(O)(c2cccc(F)c2F)CN1C. The molecule has 1 fully saturated rings. The molecule has 1 aliphatic rings. The highest BCUT2D eigenvalue weighted by Gasteiger charge is 2.42. The van der Waals surface area contributed by atoms with E-state index in [0.29, 0.717) is 13.0 Å². The fraction of sp³-hybridized carbons (Fsp3) is 0.500. The second kappa shape index (κ2) is 3.79. The lowest BCUT2D eigenvalue weighted by Gasteiger charge is -2.23. The summed E-state index contributed by atoms with van der Waals surface area (Å²) in [6, 6.07) is 4.09. The molecule has 2 rings (SSSR count). The number of nitrogens with zero attached hydrogens (tertiary/aromatic N) is 1. The van der Waals surface area contributed by atoms with Gasteiger partial charge in [0.05, 0.1) is 0 Å². The van der Waals surface area contributed by atoms with Crippen molar-refractivity contribution in [2.75, 3.05) is 13.6 Å². The predicted octanol–water partition coefficient (Wildman–Crippen LogP) is 1.88. The number of likely N-dealkylation sites (tertiary alicyclic amines) is 1. The number of benzene rings is 1. The fourth-order valence-electron chi connectivity index (χ4n) is 2.34. The number of hydrogen-bond donors (Lipinski definition) is 1. The maximum atomic E-state index is 13.6. The van der Waals surface area contributed by atoms with Gasteiger partial charge in [-0.3, -0.25) is 0 Å². The number of hydrogen-bond acceptors (Lipinski definition) is 2. The topological polar surface area (TPSA) is 23.5 Å². The monoisotopic (exact) mass is 227 g/mol. The molecule has 0 spiro atoms. The summed E-state index contributed by atoms with van der Waals surface area (Å²) in [5, 5.41) is 10.4. The number of aliphatic hydroxyl groups is 1. The third-order valence-corrected chi connectivity index (χ3v) is 3.35. The van der Waals surface area contributed by atoms with Crippen LogP contribution in [0.25, 0.3) is 0 Å². The highest BCUT2D eigenvalue weighted by molar-refractivity contribution is 5.27. The summed E-state index contributed by atoms with van der Waals surface area (Å²) in [7, 11) is 1.86. The molecule has 0 saturated carbocycles. The van der Waals surface area contributed by atoms with Crippen molar-refractivity contribution in [3.05, 3.63) is 35.4 Å². The van der Waals surface area contributed by atoms with Crippen LogP contribution in [0.1, 0.15) is 18.9 Å². The molecule has 4 heteroatoms. The van der Waals surface area contributed by atoms with Crippen LogP contribution in [0.5, 0.6) is 0 Å². The Hall–Kier alpha value is -1.00. The van der Waals surface area contributed by atoms with Crippen LogP contribution in [0.15, 0.2) is 18.2 Å². The van der Waals surface area contributed by atoms with E-state index in [1.165, 1.54) is 12.1 Å². The Balaban J connectivity index is 2.41. The van der Waals surface area contributed by atoms with Crippen LogP contribution in [-0.2, 0) is 5.60 Å². The standard InChI is InChI=1S/C12H15F2NO/c1-8-6-12(16,7-15(8)2)9-4-3-5-10(13)11(9)14/h3-5,8,16H,6-7H2,1-2H3. The molecule has 2 unspecified atom stereocenters. The van der Waals surface area contributed by atoms with E-state index < -0.39 is 17.2 Å². The molecule has 1 aromatic carbocycles. The normalized spacial score (nSPS) is 30.9. The van der Waals surface area contributed by atoms with Gasteiger partial charge < -0.3 is 10.0 Å². The van der Waals surface area contributed by atoms with Crippen LogP contribution >= 0.6 is 0 Å². The maximum absolute atomic E-state index is 13.6. The van der Waals surface area contributed by atoms with E-state index in [0.717, 1.165) is 6.07 Å². The van der Waals surface area contributed by atoms with Crippen molar-refractivity contribution in [3.8, 4) is 0 Å². The molecule has 0 bridgehead atoms. The van der Waals surface area contributed by atoms with Crippen molar-refractivity contribution in [1.29, 1.82) is 0 Å². The van der Waals surface area contributed by atoms with Crippen molar-refractivity contribution in [1.82, 2.24) is 4.90 Å². The van der Waals surface area contributed by atoms with Gasteiger partial charge in [-0.2, -0.15) is 0 Å². The molecule has 16 heavy (non-hydrogen) atoms. The molecular weight excluding hydrogens is 212 g/mol. The lowest BCUT2D eigenvalue weighted by Crippen LogP contribution is -2.30. The van der Waals surface area contributed by atoms with E-state index in [1.54, 1.807) is 0 Å². The molecule has 0 aliphatic carbocycles. The van der Waals surface area contributed by atoms with Crippen LogP contribution in [0.2, 0.25) is 0 Å². The Morgan fingerprint density at radius 1 is 1.44 bits per heavy atom. The van der Waals surface area contributed by atoms with E-state index >= 15 is 0 Å². The second-order valence-electron chi connectivity index (χ2n) is 4.60. The summed E-state index contributed by atoms with van der Waals surface area (Å²) in [4.78, 5) is 1.93. The zero-order valence-corrected chi connectivity index (χ0v) is 9.37. The Bertz CT molecular complexity index is 398. The number of β-amino-alcohol motifs (C(OH)–C–C–N with tert-alkyl or cyclic N) is 1. The number of likely N-dealkylation sites (N-methyl/N-ethyl adjacent to an activating group) is 1. The average Bonchev–Trinajstić information content (AvgIpc) is 2.46. The summed E-state index contributed by atoms with van der Waals surface area (Å²) >= 11 is 0. The zero-order valence-electron chi connectivity index (χ0n) is 9.37. The Morgan fingerprint density at radius 2 is 2.12 bits per heavy atom. The molecule has 1 aromatic rings. The summed E-state index contributed by atoms with van der Waals surface area (Å²) in [5.74, 6) is -1.85. The number of rotatable bonds is 1. The van der Waals surface area contributed by atoms with Gasteiger partial charge in [-0.1, -0.05) is 12.1 Å². The van der Waals surface area contributed by atoms with Gasteiger partial charge in [-0.15, -0.1) is 0 Å². The van der Waals surface area contributed by atoms with E-state index in [1.807, 2.05) is 18.9 Å². The van der Waals surface area contributed by atoms with Gasteiger partial charge in [0.2, 0.25) is 0 Å². The Morgan fingerprint density at radius 3 is 2.69 bits per heavy atom. The van der Waals surface area contributed by atoms with Crippen molar-refractivity contribution in [3.63, 3.8) is 0 Å². The van der Waals surface area contributed by atoms with Gasteiger partial charge in [-0.05, 0) is 26.5 Å². The van der Waals surface area contributed by atoms with E-state index in [4.69, 9.17) is 0 Å². The molecule has 0 radical (unpaired) electrons. The van der Waals surface area contributed by atoms with Crippen molar-refractivity contribution >= 4 is 0 Å². The van der Waals surface area contributed by atoms with Gasteiger partial charge in [-0.25, -0.2) is 8.78 Å². The fourth-order valence-corrected chi connectivity index (χ4v) is 2.34. The highest BCUT2D eigenvalue weighted by Crippen LogP contribution is 2.36. The smallest absolute Gasteiger partial charge is 0.164 e. The highest BCUT2D eigenvalue weighted by atomic mass is 19.2. The first-order valence-corrected chi connectivity index (χ1v) is 5.31. The molecule has 1 saturated heterocycles. The first-order valence-electron chi connectivity index (χ1n) is 5.31. The van der Waals surface area contributed by atoms with Gasteiger partial charge in [0.15, 0.2) is 11.6 Å². The van der Waals surface area contributed by atoms with Crippen LogP contribution in [0, 0.1) is 11.6 Å². The maximum Gasteiger partial charge on any atom is 0.164 e. The quantitative estimate of drug-likeness (QED) is 0.791. The van der Waals surface area contributed by atoms with Gasteiger partial charge in [0, 0.05) is 18.2 Å². The van der Waals surface area contributed by atoms with Gasteiger partial charge in [0.25, 0.3) is 0 Å². The van der Waals surface area contributed by atoms with Crippen LogP contribution in [0.3, 0.4) is 0 Å². The van der Waals surface area contributed by atoms with Crippen LogP contribution in [-0.4, -0.2) is 29.6 Å². The largest absolute Gasteiger partial charge is 0.384 e. The lowest BCUT2D eigenvalue weighted by molar-refractivity contribution is 0.0442. The summed E-state index contributed by atoms with van der Waals surface area (Å²) in [5.41, 5.74) is -1.22. The zero-order chi connectivity index (χ0) is 11.9. The molecule has 88 valence electrons. The molecule has 2 nitrogen and oxygen atoms in total. The molecule has 1 N–H and O–H groups in total. The second-order valence-corrected chi connectivity index (χ2v) is 4.60. The Labute approximate surface area is 93.5 Å². The Kier molecular flexibility index (Phi) is 2.72. The minimum Gasteiger partial charge on any atom is -0.384 e. The molecule has 1 heterocycles. The first-order chi connectivity index (χ1) is 7.44. The molecule has 0 aromatic heterocycles. The summed E-state index contributed by atoms with van der Waals surface area (Å²) < 4.78 is 26.7. The van der Waals surface area contributed by atoms with Crippen molar-refractivity contribution in [2.45, 2.75) is 25.0 Å². The minimum absolute atomic E-state index is 0.0590. The van der Waals surface area contributed by atoms with Gasteiger partial charge in [0.1, 0.15) is 5.60 Å². The average molecular weight is 227 g/mol. The molecule has 1 aliphatic heterocycles. The minimum atomic E-state index is -1.28. The third-order valence-electron chi connectivity index (χ3n) is 3.35. The van der Waals surface area contributed by atoms with Crippen molar-refractivity contribution < 1.29 is 13.9 Å². The van der Waals surface area contributed by atoms with Gasteiger partial charge >= 0.3 is 0 Å². The summed E-state index contributed by atoms with van der Waals surface area (Å²) in [6.07, 6.45) is 0.421. The summed E-state index contributed by atoms with van der Waals surface area (Å²) in [6.45, 7) is 2.28. The van der Waals surface area contributed by atoms with Crippen LogP contribution < -0.4 is 0 Å². The number of halogens is 2. The lowest BCUT2D eigenvalue weighted by atomic mass is 9.91. The van der Waals surface area contributed by atoms with Crippen molar-refractivity contribution in [2.24, 2.45) is 0 Å².